The minimum atomic E-state index is -0.244. The van der Waals surface area contributed by atoms with Gasteiger partial charge in [0.05, 0.1) is 5.25 Å². The smallest absolute Gasteiger partial charge is 0.240 e. The fraction of sp³-hybridized carbons (Fsp3) is 0.375. The number of nitrogen functional groups attached to an aromatic ring is 2. The molecule has 4 N–H and O–H groups in total. The lowest BCUT2D eigenvalue weighted by Gasteiger charge is -2.22. The van der Waals surface area contributed by atoms with Gasteiger partial charge >= 0.3 is 0 Å². The summed E-state index contributed by atoms with van der Waals surface area (Å²) < 4.78 is 0. The van der Waals surface area contributed by atoms with Crippen molar-refractivity contribution in [3.8, 4) is 0 Å². The summed E-state index contributed by atoms with van der Waals surface area (Å²) in [5.41, 5.74) is 15.6. The minimum Gasteiger partial charge on any atom is -0.368 e. The molecule has 2 heterocycles. The monoisotopic (exact) mass is 344 g/mol. The van der Waals surface area contributed by atoms with Crippen molar-refractivity contribution in [1.82, 2.24) is 15.0 Å². The molecule has 126 valence electrons. The largest absolute Gasteiger partial charge is 0.368 e. The van der Waals surface area contributed by atoms with Gasteiger partial charge < -0.3 is 16.4 Å². The van der Waals surface area contributed by atoms with Crippen LogP contribution in [0.4, 0.5) is 17.6 Å². The van der Waals surface area contributed by atoms with Crippen LogP contribution < -0.4 is 16.4 Å². The molecule has 1 aliphatic rings. The van der Waals surface area contributed by atoms with Gasteiger partial charge in [0.1, 0.15) is 0 Å². The number of aryl methyl sites for hydroxylation is 3. The van der Waals surface area contributed by atoms with Crippen molar-refractivity contribution < 1.29 is 4.79 Å². The SMILES string of the molecule is Cc1cc(C)c(N2CC[C@H](Sc3nc(N)nc(N)n3)C2=O)c(C)c1. The van der Waals surface area contributed by atoms with Crippen molar-refractivity contribution in [2.75, 3.05) is 22.9 Å². The second-order valence-corrected chi connectivity index (χ2v) is 7.14. The lowest BCUT2D eigenvalue weighted by atomic mass is 10.0. The Morgan fingerprint density at radius 2 is 1.67 bits per heavy atom. The third-order valence-electron chi connectivity index (χ3n) is 3.96. The van der Waals surface area contributed by atoms with Gasteiger partial charge in [0, 0.05) is 12.2 Å². The summed E-state index contributed by atoms with van der Waals surface area (Å²) >= 11 is 1.29. The molecule has 0 radical (unpaired) electrons. The molecule has 24 heavy (non-hydrogen) atoms. The number of aromatic nitrogens is 3. The topological polar surface area (TPSA) is 111 Å². The van der Waals surface area contributed by atoms with Gasteiger partial charge in [-0.3, -0.25) is 4.79 Å². The summed E-state index contributed by atoms with van der Waals surface area (Å²) in [4.78, 5) is 26.5. The van der Waals surface area contributed by atoms with Crippen LogP contribution in [0.5, 0.6) is 0 Å². The maximum absolute atomic E-state index is 12.8. The molecule has 1 amide bonds. The summed E-state index contributed by atoms with van der Waals surface area (Å²) in [6, 6.07) is 4.20. The Kier molecular flexibility index (Phi) is 4.31. The highest BCUT2D eigenvalue weighted by atomic mass is 32.2. The number of hydrogen-bond acceptors (Lipinski definition) is 7. The lowest BCUT2D eigenvalue weighted by Crippen LogP contribution is -2.29. The molecular weight excluding hydrogens is 324 g/mol. The first-order chi connectivity index (χ1) is 11.3. The fourth-order valence-corrected chi connectivity index (χ4v) is 4.15. The van der Waals surface area contributed by atoms with Crippen LogP contribution in [-0.2, 0) is 4.79 Å². The molecule has 3 rings (SSSR count). The first kappa shape index (κ1) is 16.5. The highest BCUT2D eigenvalue weighted by Crippen LogP contribution is 2.35. The van der Waals surface area contributed by atoms with Gasteiger partial charge in [-0.15, -0.1) is 0 Å². The number of hydrogen-bond donors (Lipinski definition) is 2. The molecule has 1 saturated heterocycles. The number of anilines is 3. The zero-order valence-electron chi connectivity index (χ0n) is 13.9. The van der Waals surface area contributed by atoms with Crippen LogP contribution in [0.3, 0.4) is 0 Å². The number of carbonyl (C=O) groups excluding carboxylic acids is 1. The summed E-state index contributed by atoms with van der Waals surface area (Å²) in [5.74, 6) is 0.197. The second-order valence-electron chi connectivity index (χ2n) is 5.97. The van der Waals surface area contributed by atoms with E-state index in [1.54, 1.807) is 0 Å². The first-order valence-electron chi connectivity index (χ1n) is 7.68. The van der Waals surface area contributed by atoms with E-state index in [2.05, 4.69) is 34.0 Å². The zero-order chi connectivity index (χ0) is 17.4. The molecule has 0 spiro atoms. The number of nitrogens with two attached hydrogens (primary N) is 2. The van der Waals surface area contributed by atoms with Crippen molar-refractivity contribution in [1.29, 1.82) is 0 Å². The highest BCUT2D eigenvalue weighted by Gasteiger charge is 2.35. The maximum Gasteiger partial charge on any atom is 0.240 e. The van der Waals surface area contributed by atoms with E-state index in [1.807, 2.05) is 18.7 Å². The van der Waals surface area contributed by atoms with Crippen molar-refractivity contribution in [3.05, 3.63) is 28.8 Å². The number of amides is 1. The average molecular weight is 344 g/mol. The van der Waals surface area contributed by atoms with Crippen LogP contribution in [0.2, 0.25) is 0 Å². The molecule has 1 aromatic carbocycles. The zero-order valence-corrected chi connectivity index (χ0v) is 14.7. The standard InChI is InChI=1S/C16H20N6OS/c1-8-6-9(2)12(10(3)7-8)22-5-4-11(13(22)23)24-16-20-14(17)19-15(18)21-16/h6-7,11H,4-5H2,1-3H3,(H4,17,18,19,20,21)/t11-/m0/s1. The van der Waals surface area contributed by atoms with E-state index < -0.39 is 0 Å². The van der Waals surface area contributed by atoms with Crippen molar-refractivity contribution >= 4 is 35.3 Å². The van der Waals surface area contributed by atoms with Gasteiger partial charge in [-0.2, -0.15) is 15.0 Å². The number of thioether (sulfide) groups is 1. The van der Waals surface area contributed by atoms with Crippen molar-refractivity contribution in [2.24, 2.45) is 0 Å². The second kappa shape index (κ2) is 6.27. The number of nitrogens with zero attached hydrogens (tertiary/aromatic N) is 4. The van der Waals surface area contributed by atoms with Gasteiger partial charge in [-0.05, 0) is 38.3 Å². The normalized spacial score (nSPS) is 17.5. The first-order valence-corrected chi connectivity index (χ1v) is 8.56. The van der Waals surface area contributed by atoms with Gasteiger partial charge in [-0.25, -0.2) is 0 Å². The van der Waals surface area contributed by atoms with E-state index in [4.69, 9.17) is 11.5 Å². The van der Waals surface area contributed by atoms with E-state index >= 15 is 0 Å². The Bertz CT molecular complexity index is 766. The van der Waals surface area contributed by atoms with E-state index in [1.165, 1.54) is 17.3 Å². The third kappa shape index (κ3) is 3.14. The third-order valence-corrected chi connectivity index (χ3v) is 5.07. The van der Waals surface area contributed by atoms with E-state index in [9.17, 15) is 4.79 Å². The molecule has 0 saturated carbocycles. The van der Waals surface area contributed by atoms with Crippen molar-refractivity contribution in [2.45, 2.75) is 37.6 Å². The Morgan fingerprint density at radius 1 is 1.08 bits per heavy atom. The van der Waals surface area contributed by atoms with Gasteiger partial charge in [0.25, 0.3) is 0 Å². The molecule has 8 heteroatoms. The van der Waals surface area contributed by atoms with Crippen LogP contribution in [0.1, 0.15) is 23.1 Å². The Hall–Kier alpha value is -2.35. The van der Waals surface area contributed by atoms with Gasteiger partial charge in [0.2, 0.25) is 17.8 Å². The quantitative estimate of drug-likeness (QED) is 0.874. The molecule has 1 fully saturated rings. The molecule has 0 unspecified atom stereocenters. The van der Waals surface area contributed by atoms with Gasteiger partial charge in [-0.1, -0.05) is 29.5 Å². The predicted molar refractivity (Wildman–Crippen MR) is 95.9 cm³/mol. The Morgan fingerprint density at radius 3 is 2.25 bits per heavy atom. The van der Waals surface area contributed by atoms with Gasteiger partial charge in [0.15, 0.2) is 5.16 Å². The number of benzene rings is 1. The molecule has 0 aliphatic carbocycles. The maximum atomic E-state index is 12.8. The van der Waals surface area contributed by atoms with E-state index in [0.29, 0.717) is 11.7 Å². The number of carbonyl (C=O) groups is 1. The fourth-order valence-electron chi connectivity index (χ4n) is 3.15. The van der Waals surface area contributed by atoms with Crippen LogP contribution in [0.15, 0.2) is 17.3 Å². The van der Waals surface area contributed by atoms with Crippen molar-refractivity contribution in [3.63, 3.8) is 0 Å². The average Bonchev–Trinajstić information content (AvgIpc) is 2.78. The van der Waals surface area contributed by atoms with Crippen LogP contribution in [0, 0.1) is 20.8 Å². The van der Waals surface area contributed by atoms with Crippen LogP contribution >= 0.6 is 11.8 Å². The molecule has 2 aromatic rings. The Labute approximate surface area is 144 Å². The Balaban J connectivity index is 1.83. The predicted octanol–water partition coefficient (Wildman–Crippen LogP) is 1.86. The summed E-state index contributed by atoms with van der Waals surface area (Å²) in [6.45, 7) is 6.81. The summed E-state index contributed by atoms with van der Waals surface area (Å²) in [5, 5.41) is 0.142. The molecule has 7 nitrogen and oxygen atoms in total. The molecule has 1 atom stereocenters. The summed E-state index contributed by atoms with van der Waals surface area (Å²) in [7, 11) is 0. The highest BCUT2D eigenvalue weighted by molar-refractivity contribution is 8.00. The van der Waals surface area contributed by atoms with E-state index in [0.717, 1.165) is 23.2 Å². The van der Waals surface area contributed by atoms with E-state index in [-0.39, 0.29) is 23.1 Å². The summed E-state index contributed by atoms with van der Waals surface area (Å²) in [6.07, 6.45) is 0.724. The molecule has 0 bridgehead atoms. The minimum absolute atomic E-state index is 0.0626. The van der Waals surface area contributed by atoms with Crippen LogP contribution in [0.25, 0.3) is 0 Å². The molecule has 1 aromatic heterocycles. The molecule has 1 aliphatic heterocycles. The molecular formula is C16H20N6OS. The number of rotatable bonds is 3. The van der Waals surface area contributed by atoms with Crippen LogP contribution in [-0.4, -0.2) is 32.7 Å². The lowest BCUT2D eigenvalue weighted by molar-refractivity contribution is -0.116.